The molecule has 4 heteroatoms. The fourth-order valence-corrected chi connectivity index (χ4v) is 2.88. The van der Waals surface area contributed by atoms with Crippen LogP contribution in [0.3, 0.4) is 0 Å². The Balaban J connectivity index is 0.000000567. The van der Waals surface area contributed by atoms with E-state index in [0.29, 0.717) is 19.8 Å². The van der Waals surface area contributed by atoms with Gasteiger partial charge in [-0.3, -0.25) is 0 Å². The molecule has 2 aliphatic rings. The van der Waals surface area contributed by atoms with E-state index in [9.17, 15) is 0 Å². The summed E-state index contributed by atoms with van der Waals surface area (Å²) >= 11 is 0. The molecule has 1 atom stereocenters. The second-order valence-electron chi connectivity index (χ2n) is 6.17. The van der Waals surface area contributed by atoms with Crippen molar-refractivity contribution < 1.29 is 26.5 Å². The van der Waals surface area contributed by atoms with Gasteiger partial charge in [0.2, 0.25) is 0 Å². The van der Waals surface area contributed by atoms with Crippen LogP contribution in [-0.4, -0.2) is 32.1 Å². The molecule has 0 spiro atoms. The molecule has 28 heavy (non-hydrogen) atoms. The van der Waals surface area contributed by atoms with E-state index in [0.717, 1.165) is 6.42 Å². The molecule has 0 aromatic heterocycles. The maximum absolute atomic E-state index is 5.62. The molecule has 1 N–H and O–H groups in total. The topological polar surface area (TPSA) is 30.5 Å². The Morgan fingerprint density at radius 2 is 1.32 bits per heavy atom. The Morgan fingerprint density at radius 1 is 0.786 bits per heavy atom. The number of ether oxygens (including phenoxy) is 2. The fraction of sp³-hybridized carbons (Fsp3) is 0.333. The van der Waals surface area contributed by atoms with Crippen molar-refractivity contribution >= 4 is 0 Å². The first-order valence-electron chi connectivity index (χ1n) is 9.72. The summed E-state index contributed by atoms with van der Waals surface area (Å²) in [6, 6.07) is 10.8. The zero-order valence-electron chi connectivity index (χ0n) is 16.7. The van der Waals surface area contributed by atoms with E-state index < -0.39 is 0 Å². The Labute approximate surface area is 183 Å². The minimum atomic E-state index is -0.191. The minimum Gasteiger partial charge on any atom is -0.352 e. The summed E-state index contributed by atoms with van der Waals surface area (Å²) in [4.78, 5) is 0. The quantitative estimate of drug-likeness (QED) is 0.458. The Morgan fingerprint density at radius 3 is 1.82 bits per heavy atom. The van der Waals surface area contributed by atoms with Crippen LogP contribution in [0.5, 0.6) is 0 Å². The fourth-order valence-electron chi connectivity index (χ4n) is 2.88. The average Bonchev–Trinajstić information content (AvgIpc) is 3.43. The van der Waals surface area contributed by atoms with E-state index in [4.69, 9.17) is 9.47 Å². The van der Waals surface area contributed by atoms with E-state index in [1.54, 1.807) is 0 Å². The molecule has 1 aromatic rings. The molecule has 3 rings (SSSR count). The van der Waals surface area contributed by atoms with Crippen molar-refractivity contribution in [1.29, 1.82) is 0 Å². The van der Waals surface area contributed by atoms with Gasteiger partial charge in [0, 0.05) is 48.8 Å². The van der Waals surface area contributed by atoms with Crippen LogP contribution in [-0.2, 0) is 33.0 Å². The average molecular weight is 421 g/mol. The van der Waals surface area contributed by atoms with Gasteiger partial charge in [0.05, 0.1) is 0 Å². The normalized spacial score (nSPS) is 17.8. The molecular weight excluding hydrogens is 390 g/mol. The van der Waals surface area contributed by atoms with E-state index in [-0.39, 0.29) is 29.4 Å². The summed E-state index contributed by atoms with van der Waals surface area (Å²) in [6.45, 7) is 5.98. The van der Waals surface area contributed by atoms with Gasteiger partial charge in [-0.05, 0) is 83.6 Å². The first-order valence-corrected chi connectivity index (χ1v) is 9.72. The largest absolute Gasteiger partial charge is 0.352 e. The molecule has 0 heterocycles. The monoisotopic (exact) mass is 421 g/mol. The van der Waals surface area contributed by atoms with Crippen LogP contribution in [0.2, 0.25) is 0 Å². The summed E-state index contributed by atoms with van der Waals surface area (Å²) in [6.07, 6.45) is 19.3. The minimum absolute atomic E-state index is 0. The number of hydrogen-bond donors (Lipinski definition) is 1. The Kier molecular flexibility index (Phi) is 15.0. The molecule has 0 bridgehead atoms. The standard InChI is InChI=1S/C19H26NO2.C5H5.Fe/c1-3-21-19(22-4-2)15-20-18(17-12-8-9-13-17)14-16-10-6-5-7-11-16;1-2-4-5-3-1;/h5-13,18-20H,3-4,14-15H2,1-2H3;1-5H;. The first-order chi connectivity index (χ1) is 13.3. The van der Waals surface area contributed by atoms with Crippen LogP contribution in [0.1, 0.15) is 19.4 Å². The molecule has 0 saturated heterocycles. The molecule has 0 amide bonds. The summed E-state index contributed by atoms with van der Waals surface area (Å²) in [5.41, 5.74) is 1.32. The van der Waals surface area contributed by atoms with Gasteiger partial charge in [-0.25, -0.2) is 0 Å². The number of rotatable bonds is 10. The van der Waals surface area contributed by atoms with Gasteiger partial charge in [-0.15, -0.1) is 0 Å². The molecule has 2 fully saturated rings. The van der Waals surface area contributed by atoms with Gasteiger partial charge in [0.25, 0.3) is 0 Å². The molecule has 3 nitrogen and oxygen atoms in total. The van der Waals surface area contributed by atoms with E-state index in [1.807, 2.05) is 46.0 Å². The van der Waals surface area contributed by atoms with E-state index in [1.165, 1.54) is 11.5 Å². The third-order valence-electron chi connectivity index (χ3n) is 4.17. The Bertz CT molecular complexity index is 447. The van der Waals surface area contributed by atoms with Crippen molar-refractivity contribution in [3.05, 3.63) is 99.6 Å². The zero-order valence-corrected chi connectivity index (χ0v) is 17.8. The maximum Gasteiger partial charge on any atom is 0.169 e. The second-order valence-corrected chi connectivity index (χ2v) is 6.17. The van der Waals surface area contributed by atoms with Gasteiger partial charge in [-0.2, -0.15) is 0 Å². The number of nitrogens with one attached hydrogen (secondary N) is 1. The van der Waals surface area contributed by atoms with Crippen LogP contribution in [0.25, 0.3) is 0 Å². The van der Waals surface area contributed by atoms with E-state index >= 15 is 0 Å². The van der Waals surface area contributed by atoms with Crippen LogP contribution in [0.4, 0.5) is 0 Å². The predicted octanol–water partition coefficient (Wildman–Crippen LogP) is 4.01. The third-order valence-corrected chi connectivity index (χ3v) is 4.17. The maximum atomic E-state index is 5.62. The van der Waals surface area contributed by atoms with Crippen molar-refractivity contribution in [3.63, 3.8) is 0 Å². The number of benzene rings is 1. The summed E-state index contributed by atoms with van der Waals surface area (Å²) < 4.78 is 11.2. The van der Waals surface area contributed by atoms with Crippen molar-refractivity contribution in [2.45, 2.75) is 32.6 Å². The predicted molar refractivity (Wildman–Crippen MR) is 111 cm³/mol. The SMILES string of the molecule is CCOC(CNC(Cc1ccccc1)[C]1[CH][CH][CH][CH]1)OCC.[CH]1[CH][CH][CH][CH]1.[Fe]. The van der Waals surface area contributed by atoms with E-state index in [2.05, 4.69) is 61.3 Å². The molecular formula is C24H31FeNO2. The third kappa shape index (κ3) is 10.4. The van der Waals surface area contributed by atoms with Gasteiger partial charge < -0.3 is 14.8 Å². The summed E-state index contributed by atoms with van der Waals surface area (Å²) in [5, 5.41) is 3.59. The van der Waals surface area contributed by atoms with Crippen molar-refractivity contribution in [2.75, 3.05) is 19.8 Å². The summed E-state index contributed by atoms with van der Waals surface area (Å²) in [7, 11) is 0. The molecule has 2 saturated carbocycles. The zero-order chi connectivity index (χ0) is 19.2. The smallest absolute Gasteiger partial charge is 0.169 e. The molecule has 0 aliphatic heterocycles. The molecule has 152 valence electrons. The van der Waals surface area contributed by atoms with Crippen molar-refractivity contribution in [3.8, 4) is 0 Å². The molecule has 1 aromatic carbocycles. The Hall–Kier alpha value is -0.381. The second kappa shape index (κ2) is 16.4. The van der Waals surface area contributed by atoms with Crippen LogP contribution >= 0.6 is 0 Å². The number of hydrogen-bond acceptors (Lipinski definition) is 3. The van der Waals surface area contributed by atoms with Gasteiger partial charge >= 0.3 is 0 Å². The van der Waals surface area contributed by atoms with Crippen LogP contribution in [0, 0.1) is 63.7 Å². The van der Waals surface area contributed by atoms with Gasteiger partial charge in [0.15, 0.2) is 6.29 Å². The van der Waals surface area contributed by atoms with Crippen molar-refractivity contribution in [1.82, 2.24) is 5.32 Å². The van der Waals surface area contributed by atoms with Gasteiger partial charge in [-0.1, -0.05) is 30.3 Å². The van der Waals surface area contributed by atoms with Crippen molar-refractivity contribution in [2.24, 2.45) is 0 Å². The molecule has 2 aliphatic carbocycles. The first kappa shape index (κ1) is 25.7. The molecule has 1 unspecified atom stereocenters. The van der Waals surface area contributed by atoms with Gasteiger partial charge in [0.1, 0.15) is 0 Å². The van der Waals surface area contributed by atoms with Crippen LogP contribution < -0.4 is 5.32 Å². The van der Waals surface area contributed by atoms with Crippen LogP contribution in [0.15, 0.2) is 30.3 Å². The summed E-state index contributed by atoms with van der Waals surface area (Å²) in [5.74, 6) is 1.30. The molecule has 10 radical (unpaired) electrons.